The van der Waals surface area contributed by atoms with Gasteiger partial charge in [-0.1, -0.05) is 111 Å². The van der Waals surface area contributed by atoms with Gasteiger partial charge in [0.15, 0.2) is 0 Å². The van der Waals surface area contributed by atoms with Gasteiger partial charge in [-0.15, -0.1) is 0 Å². The Morgan fingerprint density at radius 3 is 1.91 bits per heavy atom. The lowest BCUT2D eigenvalue weighted by atomic mass is 10.0. The molecule has 0 aromatic heterocycles. The van der Waals surface area contributed by atoms with Crippen LogP contribution in [0.15, 0.2) is 108 Å². The van der Waals surface area contributed by atoms with Crippen LogP contribution in [0.5, 0.6) is 0 Å². The Labute approximate surface area is 288 Å². The van der Waals surface area contributed by atoms with E-state index < -0.39 is 28.5 Å². The molecule has 4 aromatic carbocycles. The van der Waals surface area contributed by atoms with Crippen LogP contribution >= 0.6 is 23.2 Å². The normalized spacial score (nSPS) is 12.7. The quantitative estimate of drug-likeness (QED) is 0.146. The number of carbonyl (C=O) groups is 2. The van der Waals surface area contributed by atoms with Gasteiger partial charge < -0.3 is 10.2 Å². The summed E-state index contributed by atoms with van der Waals surface area (Å²) >= 11 is 13.2. The molecule has 10 heteroatoms. The largest absolute Gasteiger partial charge is 0.352 e. The average molecular weight is 695 g/mol. The molecule has 1 N–H and O–H groups in total. The third-order valence-electron chi connectivity index (χ3n) is 8.12. The predicted molar refractivity (Wildman–Crippen MR) is 190 cm³/mol. The van der Waals surface area contributed by atoms with E-state index in [1.54, 1.807) is 48.5 Å². The van der Waals surface area contributed by atoms with E-state index in [9.17, 15) is 18.0 Å². The van der Waals surface area contributed by atoms with Crippen LogP contribution in [0.4, 0.5) is 5.69 Å². The summed E-state index contributed by atoms with van der Waals surface area (Å²) in [6, 6.07) is 28.4. The lowest BCUT2D eigenvalue weighted by molar-refractivity contribution is -0.140. The number of nitrogens with zero attached hydrogens (tertiary/aromatic N) is 2. The molecule has 7 nitrogen and oxygen atoms in total. The molecule has 2 amide bonds. The molecule has 0 fully saturated rings. The van der Waals surface area contributed by atoms with Crippen molar-refractivity contribution in [2.45, 2.75) is 70.0 Å². The minimum absolute atomic E-state index is 0.0387. The third-order valence-corrected chi connectivity index (χ3v) is 10.6. The Morgan fingerprint density at radius 2 is 1.36 bits per heavy atom. The van der Waals surface area contributed by atoms with Crippen molar-refractivity contribution in [2.24, 2.45) is 0 Å². The molecule has 0 spiro atoms. The summed E-state index contributed by atoms with van der Waals surface area (Å²) in [5.41, 5.74) is 2.64. The SMILES string of the molecule is CC[C@@H](C)NC(=O)[C@H](Cc1ccccc1)N(Cc1c(Cl)cccc1Cl)C(=O)CN(c1ccc(C(C)C)cc1)S(=O)(=O)c1ccccc1. The van der Waals surface area contributed by atoms with Crippen molar-refractivity contribution in [3.05, 3.63) is 130 Å². The fourth-order valence-corrected chi connectivity index (χ4v) is 7.07. The fourth-order valence-electron chi connectivity index (χ4n) is 5.12. The highest BCUT2D eigenvalue weighted by atomic mass is 35.5. The second-order valence-electron chi connectivity index (χ2n) is 11.8. The molecule has 0 saturated carbocycles. The highest BCUT2D eigenvalue weighted by Crippen LogP contribution is 2.30. The van der Waals surface area contributed by atoms with Crippen molar-refractivity contribution in [1.29, 1.82) is 0 Å². The minimum atomic E-state index is -4.20. The number of hydrogen-bond donors (Lipinski definition) is 1. The Hall–Kier alpha value is -3.85. The molecule has 0 radical (unpaired) electrons. The van der Waals surface area contributed by atoms with E-state index in [2.05, 4.69) is 5.32 Å². The third kappa shape index (κ3) is 9.15. The number of nitrogens with one attached hydrogen (secondary N) is 1. The first kappa shape index (κ1) is 36.0. The van der Waals surface area contributed by atoms with E-state index in [0.29, 0.717) is 27.7 Å². The zero-order valence-corrected chi connectivity index (χ0v) is 29.4. The number of halogens is 2. The molecule has 4 rings (SSSR count). The highest BCUT2D eigenvalue weighted by Gasteiger charge is 2.35. The van der Waals surface area contributed by atoms with Crippen LogP contribution < -0.4 is 9.62 Å². The lowest BCUT2D eigenvalue weighted by Gasteiger charge is -2.34. The maximum absolute atomic E-state index is 14.7. The van der Waals surface area contributed by atoms with Gasteiger partial charge in [-0.3, -0.25) is 13.9 Å². The lowest BCUT2D eigenvalue weighted by Crippen LogP contribution is -2.54. The first-order valence-electron chi connectivity index (χ1n) is 15.7. The fraction of sp³-hybridized carbons (Fsp3) is 0.297. The van der Waals surface area contributed by atoms with Crippen LogP contribution in [-0.2, 0) is 32.6 Å². The molecule has 248 valence electrons. The summed E-state index contributed by atoms with van der Waals surface area (Å²) in [4.78, 5) is 30.1. The summed E-state index contributed by atoms with van der Waals surface area (Å²) in [6.07, 6.45) is 0.870. The van der Waals surface area contributed by atoms with Gasteiger partial charge in [0.25, 0.3) is 10.0 Å². The number of anilines is 1. The molecule has 0 unspecified atom stereocenters. The van der Waals surface area contributed by atoms with E-state index in [-0.39, 0.29) is 35.7 Å². The summed E-state index contributed by atoms with van der Waals surface area (Å²) < 4.78 is 29.5. The number of carbonyl (C=O) groups excluding carboxylic acids is 2. The first-order chi connectivity index (χ1) is 22.4. The average Bonchev–Trinajstić information content (AvgIpc) is 3.07. The van der Waals surface area contributed by atoms with Crippen molar-refractivity contribution in [1.82, 2.24) is 10.2 Å². The van der Waals surface area contributed by atoms with E-state index in [1.807, 2.05) is 70.2 Å². The van der Waals surface area contributed by atoms with Gasteiger partial charge in [0.05, 0.1) is 10.6 Å². The van der Waals surface area contributed by atoms with E-state index in [0.717, 1.165) is 15.4 Å². The van der Waals surface area contributed by atoms with Gasteiger partial charge in [0.2, 0.25) is 11.8 Å². The van der Waals surface area contributed by atoms with Crippen molar-refractivity contribution in [3.63, 3.8) is 0 Å². The van der Waals surface area contributed by atoms with Crippen molar-refractivity contribution < 1.29 is 18.0 Å². The zero-order chi connectivity index (χ0) is 34.1. The van der Waals surface area contributed by atoms with Crippen LogP contribution in [0, 0.1) is 0 Å². The number of amides is 2. The van der Waals surface area contributed by atoms with Crippen LogP contribution in [0.2, 0.25) is 10.0 Å². The molecule has 0 aliphatic rings. The van der Waals surface area contributed by atoms with E-state index >= 15 is 0 Å². The van der Waals surface area contributed by atoms with Gasteiger partial charge in [0, 0.05) is 34.6 Å². The van der Waals surface area contributed by atoms with Crippen LogP contribution in [0.25, 0.3) is 0 Å². The van der Waals surface area contributed by atoms with Crippen molar-refractivity contribution in [2.75, 3.05) is 10.8 Å². The molecule has 0 saturated heterocycles. The highest BCUT2D eigenvalue weighted by molar-refractivity contribution is 7.92. The maximum Gasteiger partial charge on any atom is 0.264 e. The van der Waals surface area contributed by atoms with Gasteiger partial charge >= 0.3 is 0 Å². The zero-order valence-electron chi connectivity index (χ0n) is 27.1. The van der Waals surface area contributed by atoms with Crippen LogP contribution in [0.1, 0.15) is 56.7 Å². The van der Waals surface area contributed by atoms with Crippen LogP contribution in [-0.4, -0.2) is 43.8 Å². The molecule has 0 aliphatic carbocycles. The molecule has 0 aliphatic heterocycles. The van der Waals surface area contributed by atoms with Crippen molar-refractivity contribution in [3.8, 4) is 0 Å². The second-order valence-corrected chi connectivity index (χ2v) is 14.5. The molecule has 4 aromatic rings. The smallest absolute Gasteiger partial charge is 0.264 e. The number of hydrogen-bond acceptors (Lipinski definition) is 4. The minimum Gasteiger partial charge on any atom is -0.352 e. The monoisotopic (exact) mass is 693 g/mol. The summed E-state index contributed by atoms with van der Waals surface area (Å²) in [5, 5.41) is 3.68. The molecule has 0 heterocycles. The maximum atomic E-state index is 14.7. The number of benzene rings is 4. The summed E-state index contributed by atoms with van der Waals surface area (Å²) in [5.74, 6) is -0.726. The standard InChI is InChI=1S/C37H41Cl2N3O4S/c1-5-27(4)40-37(44)35(23-28-13-8-6-9-14-28)41(24-32-33(38)17-12-18-34(32)39)36(43)25-42(30-21-19-29(20-22-30)26(2)3)47(45,46)31-15-10-7-11-16-31/h6-22,26-27,35H,5,23-25H2,1-4H3,(H,40,44)/t27-,35+/m1/s1. The predicted octanol–water partition coefficient (Wildman–Crippen LogP) is 7.87. The van der Waals surface area contributed by atoms with E-state index in [4.69, 9.17) is 23.2 Å². The molecular formula is C37H41Cl2N3O4S. The topological polar surface area (TPSA) is 86.8 Å². The second kappa shape index (κ2) is 16.3. The Kier molecular flexibility index (Phi) is 12.5. The van der Waals surface area contributed by atoms with E-state index in [1.165, 1.54) is 17.0 Å². The van der Waals surface area contributed by atoms with Crippen molar-refractivity contribution >= 4 is 50.7 Å². The molecular weight excluding hydrogens is 653 g/mol. The van der Waals surface area contributed by atoms with Gasteiger partial charge in [-0.05, 0) is 66.8 Å². The van der Waals surface area contributed by atoms with Gasteiger partial charge in [-0.25, -0.2) is 8.42 Å². The Balaban J connectivity index is 1.84. The molecule has 2 atom stereocenters. The van der Waals surface area contributed by atoms with Gasteiger partial charge in [-0.2, -0.15) is 0 Å². The number of sulfonamides is 1. The first-order valence-corrected chi connectivity index (χ1v) is 17.9. The molecule has 47 heavy (non-hydrogen) atoms. The summed E-state index contributed by atoms with van der Waals surface area (Å²) in [6.45, 7) is 7.26. The summed E-state index contributed by atoms with van der Waals surface area (Å²) in [7, 11) is -4.20. The molecule has 0 bridgehead atoms. The number of rotatable bonds is 14. The Morgan fingerprint density at radius 1 is 0.787 bits per heavy atom. The Bertz CT molecular complexity index is 1730. The van der Waals surface area contributed by atoms with Crippen LogP contribution in [0.3, 0.4) is 0 Å². The van der Waals surface area contributed by atoms with Gasteiger partial charge in [0.1, 0.15) is 12.6 Å².